The van der Waals surface area contributed by atoms with E-state index >= 15 is 0 Å². The van der Waals surface area contributed by atoms with Gasteiger partial charge in [-0.25, -0.2) is 0 Å². The Morgan fingerprint density at radius 2 is 2.20 bits per heavy atom. The van der Waals surface area contributed by atoms with Gasteiger partial charge in [-0.2, -0.15) is 11.8 Å². The van der Waals surface area contributed by atoms with E-state index < -0.39 is 0 Å². The van der Waals surface area contributed by atoms with Crippen molar-refractivity contribution >= 4 is 54.9 Å². The lowest BCUT2D eigenvalue weighted by molar-refractivity contribution is 1.09. The van der Waals surface area contributed by atoms with Crippen LogP contribution in [-0.2, 0) is 0 Å². The van der Waals surface area contributed by atoms with Crippen LogP contribution in [0.2, 0.25) is 0 Å². The Balaban J connectivity index is 1.76. The molecule has 0 aromatic heterocycles. The van der Waals surface area contributed by atoms with Gasteiger partial charge in [0.15, 0.2) is 0 Å². The van der Waals surface area contributed by atoms with E-state index in [-0.39, 0.29) is 0 Å². The molecule has 1 rings (SSSR count). The molecule has 0 N–H and O–H groups in total. The van der Waals surface area contributed by atoms with Crippen molar-refractivity contribution in [2.24, 2.45) is 0 Å². The molecule has 0 saturated carbocycles. The molecule has 0 aliphatic carbocycles. The lowest BCUT2D eigenvalue weighted by atomic mass is 10.5. The Labute approximate surface area is 82.6 Å². The molecule has 1 aliphatic heterocycles. The van der Waals surface area contributed by atoms with Crippen molar-refractivity contribution in [3.63, 3.8) is 0 Å². The summed E-state index contributed by atoms with van der Waals surface area (Å²) in [6.45, 7) is 0. The lowest BCUT2D eigenvalue weighted by Gasteiger charge is -2.22. The van der Waals surface area contributed by atoms with Crippen molar-refractivity contribution in [2.75, 3.05) is 22.8 Å². The molecule has 0 unspecified atom stereocenters. The van der Waals surface area contributed by atoms with Crippen LogP contribution >= 0.6 is 54.9 Å². The average Bonchev–Trinajstić information content (AvgIpc) is 1.84. The Kier molecular flexibility index (Phi) is 6.18. The van der Waals surface area contributed by atoms with Crippen LogP contribution in [0.3, 0.4) is 0 Å². The number of thioether (sulfide) groups is 1. The van der Waals surface area contributed by atoms with Crippen LogP contribution < -0.4 is 0 Å². The van der Waals surface area contributed by atoms with E-state index in [1.54, 1.807) is 0 Å². The summed E-state index contributed by atoms with van der Waals surface area (Å²) in [5.41, 5.74) is 0. The summed E-state index contributed by atoms with van der Waals surface area (Å²) in [4.78, 5) is 0. The van der Waals surface area contributed by atoms with E-state index in [4.69, 9.17) is 0 Å². The summed E-state index contributed by atoms with van der Waals surface area (Å²) in [5.74, 6) is 2.75. The van der Waals surface area contributed by atoms with E-state index in [9.17, 15) is 0 Å². The molecular formula is C5H10S5. The van der Waals surface area contributed by atoms with Gasteiger partial charge in [-0.05, 0) is 6.26 Å². The number of hydrogen-bond acceptors (Lipinski definition) is 5. The minimum Gasteiger partial charge on any atom is -0.160 e. The van der Waals surface area contributed by atoms with E-state index in [2.05, 4.69) is 28.8 Å². The highest BCUT2D eigenvalue weighted by atomic mass is 33.1. The molecule has 5 heteroatoms. The van der Waals surface area contributed by atoms with Gasteiger partial charge in [-0.15, -0.1) is 0 Å². The second-order valence-corrected chi connectivity index (χ2v) is 8.45. The first-order chi connectivity index (χ1) is 4.93. The van der Waals surface area contributed by atoms with Crippen molar-refractivity contribution in [2.45, 2.75) is 5.25 Å². The Bertz CT molecular complexity index is 82.1. The molecule has 0 bridgehead atoms. The van der Waals surface area contributed by atoms with E-state index in [1.165, 1.54) is 16.6 Å². The van der Waals surface area contributed by atoms with Crippen LogP contribution in [0, 0.1) is 0 Å². The maximum atomic E-state index is 2.13. The highest BCUT2D eigenvalue weighted by Gasteiger charge is 2.18. The van der Waals surface area contributed by atoms with E-state index in [0.29, 0.717) is 0 Å². The smallest absolute Gasteiger partial charge is 0.0600 e. The summed E-state index contributed by atoms with van der Waals surface area (Å²) < 4.78 is 0. The van der Waals surface area contributed by atoms with Gasteiger partial charge in [0.1, 0.15) is 0 Å². The molecule has 0 amide bonds. The highest BCUT2D eigenvalue weighted by molar-refractivity contribution is 8.85. The summed E-state index contributed by atoms with van der Waals surface area (Å²) in [6.07, 6.45) is 2.13. The molecule has 1 aliphatic rings. The van der Waals surface area contributed by atoms with Crippen LogP contribution in [0.1, 0.15) is 0 Å². The first kappa shape index (κ1) is 9.84. The molecule has 1 saturated heterocycles. The van der Waals surface area contributed by atoms with Crippen molar-refractivity contribution < 1.29 is 0 Å². The summed E-state index contributed by atoms with van der Waals surface area (Å²) in [5, 5.41) is 2.19. The van der Waals surface area contributed by atoms with Gasteiger partial charge in [0.25, 0.3) is 0 Å². The molecule has 0 spiro atoms. The van der Waals surface area contributed by atoms with Crippen molar-refractivity contribution in [1.29, 1.82) is 0 Å². The quantitative estimate of drug-likeness (QED) is 0.402. The fraction of sp³-hybridized carbons (Fsp3) is 1.00. The predicted octanol–water partition coefficient (Wildman–Crippen LogP) is 3.45. The minimum absolute atomic E-state index is 0.956. The van der Waals surface area contributed by atoms with Gasteiger partial charge in [-0.3, -0.25) is 0 Å². The Morgan fingerprint density at radius 1 is 1.40 bits per heavy atom. The third kappa shape index (κ3) is 3.95. The average molecular weight is 230 g/mol. The van der Waals surface area contributed by atoms with Crippen LogP contribution in [0.15, 0.2) is 0 Å². The van der Waals surface area contributed by atoms with E-state index in [1.807, 2.05) is 32.4 Å². The Hall–Kier alpha value is 1.75. The zero-order chi connectivity index (χ0) is 7.23. The molecule has 0 aromatic rings. The molecule has 1 heterocycles. The highest BCUT2D eigenvalue weighted by Crippen LogP contribution is 2.39. The van der Waals surface area contributed by atoms with Crippen LogP contribution in [0.4, 0.5) is 0 Å². The maximum Gasteiger partial charge on any atom is 0.0600 e. The Morgan fingerprint density at radius 3 is 2.70 bits per heavy atom. The topological polar surface area (TPSA) is 0 Å². The SMILES string of the molecule is CSSCSSC1CSC1. The molecular weight excluding hydrogens is 220 g/mol. The zero-order valence-corrected chi connectivity index (χ0v) is 9.82. The molecule has 0 atom stereocenters. The first-order valence-electron chi connectivity index (χ1n) is 2.95. The maximum absolute atomic E-state index is 2.13. The van der Waals surface area contributed by atoms with Gasteiger partial charge >= 0.3 is 0 Å². The fourth-order valence-corrected chi connectivity index (χ4v) is 7.23. The predicted molar refractivity (Wildman–Crippen MR) is 62.3 cm³/mol. The minimum atomic E-state index is 0.956. The molecule has 60 valence electrons. The molecule has 10 heavy (non-hydrogen) atoms. The third-order valence-corrected chi connectivity index (χ3v) is 8.13. The van der Waals surface area contributed by atoms with Crippen molar-refractivity contribution in [3.8, 4) is 0 Å². The molecule has 0 nitrogen and oxygen atoms in total. The van der Waals surface area contributed by atoms with Gasteiger partial charge in [0.2, 0.25) is 0 Å². The lowest BCUT2D eigenvalue weighted by Crippen LogP contribution is -2.19. The second-order valence-electron chi connectivity index (χ2n) is 1.78. The standard InChI is InChI=1S/C5H10S5/c1-6-8-4-9-10-5-2-7-3-5/h5H,2-4H2,1H3. The van der Waals surface area contributed by atoms with Gasteiger partial charge in [-0.1, -0.05) is 43.2 Å². The van der Waals surface area contributed by atoms with Crippen molar-refractivity contribution in [3.05, 3.63) is 0 Å². The van der Waals surface area contributed by atoms with Crippen LogP contribution in [0.25, 0.3) is 0 Å². The number of hydrogen-bond donors (Lipinski definition) is 0. The van der Waals surface area contributed by atoms with Crippen LogP contribution in [0.5, 0.6) is 0 Å². The third-order valence-electron chi connectivity index (χ3n) is 1.03. The first-order valence-corrected chi connectivity index (χ1v) is 9.21. The summed E-state index contributed by atoms with van der Waals surface area (Å²) in [7, 11) is 7.86. The second kappa shape index (κ2) is 6.29. The zero-order valence-electron chi connectivity index (χ0n) is 5.74. The normalized spacial score (nSPS) is 18.9. The summed E-state index contributed by atoms with van der Waals surface area (Å²) in [6, 6.07) is 0. The fourth-order valence-electron chi connectivity index (χ4n) is 0.461. The van der Waals surface area contributed by atoms with Gasteiger partial charge in [0, 0.05) is 16.8 Å². The van der Waals surface area contributed by atoms with Gasteiger partial charge < -0.3 is 0 Å². The van der Waals surface area contributed by atoms with Crippen LogP contribution in [-0.4, -0.2) is 28.1 Å². The molecule has 0 radical (unpaired) electrons. The molecule has 0 aromatic carbocycles. The van der Waals surface area contributed by atoms with Crippen molar-refractivity contribution in [1.82, 2.24) is 0 Å². The largest absolute Gasteiger partial charge is 0.160 e. The molecule has 1 fully saturated rings. The monoisotopic (exact) mass is 230 g/mol. The van der Waals surface area contributed by atoms with E-state index in [0.717, 1.165) is 5.25 Å². The number of rotatable bonds is 5. The van der Waals surface area contributed by atoms with Gasteiger partial charge in [0.05, 0.1) is 5.08 Å². The summed E-state index contributed by atoms with van der Waals surface area (Å²) >= 11 is 2.06.